The van der Waals surface area contributed by atoms with Crippen LogP contribution in [-0.2, 0) is 0 Å². The maximum atomic E-state index is 2.39. The Labute approximate surface area is 70.2 Å². The fourth-order valence-electron chi connectivity index (χ4n) is 0.986. The molecule has 0 spiro atoms. The van der Waals surface area contributed by atoms with Gasteiger partial charge in [-0.15, -0.1) is 0 Å². The first-order chi connectivity index (χ1) is 4.10. The molecule has 0 bridgehead atoms. The van der Waals surface area contributed by atoms with Gasteiger partial charge in [0.15, 0.2) is 0 Å². The predicted molar refractivity (Wildman–Crippen MR) is 49.6 cm³/mol. The highest BCUT2D eigenvalue weighted by Crippen LogP contribution is 2.29. The van der Waals surface area contributed by atoms with Gasteiger partial charge in [-0.2, -0.15) is 0 Å². The molecule has 0 fully saturated rings. The van der Waals surface area contributed by atoms with Crippen LogP contribution in [0.2, 0.25) is 0 Å². The van der Waals surface area contributed by atoms with Crippen molar-refractivity contribution in [2.75, 3.05) is 0 Å². The molecule has 0 amide bonds. The maximum absolute atomic E-state index is 2.39. The van der Waals surface area contributed by atoms with E-state index in [4.69, 9.17) is 0 Å². The molecule has 0 aromatic rings. The topological polar surface area (TPSA) is 0 Å². The molecule has 1 rings (SSSR count). The Kier molecular flexibility index (Phi) is 1.99. The van der Waals surface area contributed by atoms with E-state index in [1.54, 1.807) is 0 Å². The largest absolute Gasteiger partial charge is 0.0828 e. The van der Waals surface area contributed by atoms with Crippen molar-refractivity contribution in [1.29, 1.82) is 0 Å². The molecule has 0 saturated heterocycles. The summed E-state index contributed by atoms with van der Waals surface area (Å²) in [6, 6.07) is 0. The Morgan fingerprint density at radius 2 is 2.22 bits per heavy atom. The minimum atomic E-state index is 0.300. The van der Waals surface area contributed by atoms with Gasteiger partial charge in [0.25, 0.3) is 0 Å². The van der Waals surface area contributed by atoms with Gasteiger partial charge >= 0.3 is 0 Å². The molecule has 0 aliphatic heterocycles. The van der Waals surface area contributed by atoms with E-state index >= 15 is 0 Å². The van der Waals surface area contributed by atoms with Gasteiger partial charge in [0, 0.05) is 5.41 Å². The van der Waals surface area contributed by atoms with Crippen molar-refractivity contribution >= 4 is 22.6 Å². The van der Waals surface area contributed by atoms with Gasteiger partial charge in [-0.25, -0.2) is 0 Å². The minimum absolute atomic E-state index is 0.300. The molecule has 0 aromatic carbocycles. The normalized spacial score (nSPS) is 23.7. The molecule has 0 unspecified atom stereocenters. The maximum Gasteiger partial charge on any atom is 0.00149 e. The van der Waals surface area contributed by atoms with E-state index in [1.807, 2.05) is 0 Å². The van der Waals surface area contributed by atoms with E-state index in [1.165, 1.54) is 3.58 Å². The van der Waals surface area contributed by atoms with Crippen molar-refractivity contribution in [2.24, 2.45) is 5.41 Å². The second-order valence-corrected chi connectivity index (χ2v) is 4.40. The number of rotatable bonds is 0. The lowest BCUT2D eigenvalue weighted by atomic mass is 9.89. The number of hydrogen-bond acceptors (Lipinski definition) is 0. The average Bonchev–Trinajstić information content (AvgIpc) is 1.60. The van der Waals surface area contributed by atoms with Crippen LogP contribution >= 0.6 is 22.6 Å². The van der Waals surface area contributed by atoms with Gasteiger partial charge in [0.1, 0.15) is 0 Å². The smallest absolute Gasteiger partial charge is 0.00149 e. The molecule has 0 N–H and O–H groups in total. The van der Waals surface area contributed by atoms with Gasteiger partial charge in [-0.1, -0.05) is 32.1 Å². The molecule has 0 saturated carbocycles. The fraction of sp³-hybridized carbons (Fsp3) is 0.500. The van der Waals surface area contributed by atoms with Crippen molar-refractivity contribution in [2.45, 2.75) is 20.3 Å². The number of hydrogen-bond donors (Lipinski definition) is 0. The highest BCUT2D eigenvalue weighted by molar-refractivity contribution is 14.1. The first kappa shape index (κ1) is 7.32. The zero-order valence-corrected chi connectivity index (χ0v) is 7.97. The fourth-order valence-corrected chi connectivity index (χ4v) is 2.04. The Morgan fingerprint density at radius 3 is 2.56 bits per heavy atom. The molecule has 1 heteroatoms. The molecule has 1 aliphatic carbocycles. The summed E-state index contributed by atoms with van der Waals surface area (Å²) < 4.78 is 1.46. The molecule has 0 nitrogen and oxygen atoms in total. The first-order valence-electron chi connectivity index (χ1n) is 3.15. The second-order valence-electron chi connectivity index (χ2n) is 3.02. The molecule has 0 radical (unpaired) electrons. The molecular formula is C8H11I. The lowest BCUT2D eigenvalue weighted by molar-refractivity contribution is 0.614. The van der Waals surface area contributed by atoms with Crippen LogP contribution in [0.4, 0.5) is 0 Å². The summed E-state index contributed by atoms with van der Waals surface area (Å²) in [7, 11) is 0. The molecule has 1 aliphatic rings. The predicted octanol–water partition coefficient (Wildman–Crippen LogP) is 3.29. The lowest BCUT2D eigenvalue weighted by Gasteiger charge is -2.19. The van der Waals surface area contributed by atoms with Crippen LogP contribution in [0.15, 0.2) is 21.8 Å². The third kappa shape index (κ3) is 2.12. The standard InChI is InChI=1S/C8H11I/c1-8(2)5-3-4-7(9)6-8/h3,5-6H,4H2,1-2H3. The number of halogens is 1. The van der Waals surface area contributed by atoms with E-state index in [-0.39, 0.29) is 0 Å². The first-order valence-corrected chi connectivity index (χ1v) is 4.23. The van der Waals surface area contributed by atoms with E-state index in [0.717, 1.165) is 6.42 Å². The van der Waals surface area contributed by atoms with Crippen molar-refractivity contribution < 1.29 is 0 Å². The average molecular weight is 234 g/mol. The van der Waals surface area contributed by atoms with Gasteiger partial charge in [-0.05, 0) is 32.6 Å². The van der Waals surface area contributed by atoms with Gasteiger partial charge in [-0.3, -0.25) is 0 Å². The summed E-state index contributed by atoms with van der Waals surface area (Å²) in [5.41, 5.74) is 0.300. The van der Waals surface area contributed by atoms with Crippen molar-refractivity contribution in [3.05, 3.63) is 21.8 Å². The number of allylic oxidation sites excluding steroid dienone is 4. The molecule has 9 heavy (non-hydrogen) atoms. The van der Waals surface area contributed by atoms with Gasteiger partial charge in [0.05, 0.1) is 0 Å². The van der Waals surface area contributed by atoms with Gasteiger partial charge < -0.3 is 0 Å². The molecule has 50 valence electrons. The zero-order chi connectivity index (χ0) is 6.91. The van der Waals surface area contributed by atoms with E-state index in [0.29, 0.717) is 5.41 Å². The monoisotopic (exact) mass is 234 g/mol. The van der Waals surface area contributed by atoms with Crippen LogP contribution in [-0.4, -0.2) is 0 Å². The highest BCUT2D eigenvalue weighted by Gasteiger charge is 2.13. The van der Waals surface area contributed by atoms with Gasteiger partial charge in [0.2, 0.25) is 0 Å². The van der Waals surface area contributed by atoms with Crippen LogP contribution in [0, 0.1) is 5.41 Å². The molecule has 0 heterocycles. The summed E-state index contributed by atoms with van der Waals surface area (Å²) in [6.07, 6.45) is 7.94. The third-order valence-electron chi connectivity index (χ3n) is 1.39. The molecule has 0 atom stereocenters. The molecular weight excluding hydrogens is 223 g/mol. The van der Waals surface area contributed by atoms with E-state index < -0.39 is 0 Å². The van der Waals surface area contributed by atoms with Crippen molar-refractivity contribution in [3.63, 3.8) is 0 Å². The van der Waals surface area contributed by atoms with E-state index in [2.05, 4.69) is 54.7 Å². The zero-order valence-electron chi connectivity index (χ0n) is 5.82. The Morgan fingerprint density at radius 1 is 1.56 bits per heavy atom. The Bertz CT molecular complexity index is 163. The highest BCUT2D eigenvalue weighted by atomic mass is 127. The lowest BCUT2D eigenvalue weighted by Crippen LogP contribution is -2.05. The minimum Gasteiger partial charge on any atom is -0.0828 e. The molecule has 0 aromatic heterocycles. The summed E-state index contributed by atoms with van der Waals surface area (Å²) in [5, 5.41) is 0. The summed E-state index contributed by atoms with van der Waals surface area (Å²) in [5.74, 6) is 0. The van der Waals surface area contributed by atoms with Crippen molar-refractivity contribution in [1.82, 2.24) is 0 Å². The third-order valence-corrected chi connectivity index (χ3v) is 2.14. The van der Waals surface area contributed by atoms with Crippen LogP contribution in [0.1, 0.15) is 20.3 Å². The van der Waals surface area contributed by atoms with Crippen LogP contribution in [0.5, 0.6) is 0 Å². The second kappa shape index (κ2) is 2.45. The van der Waals surface area contributed by atoms with Crippen LogP contribution < -0.4 is 0 Å². The van der Waals surface area contributed by atoms with Crippen molar-refractivity contribution in [3.8, 4) is 0 Å². The quantitative estimate of drug-likeness (QED) is 0.445. The van der Waals surface area contributed by atoms with Crippen LogP contribution in [0.25, 0.3) is 0 Å². The van der Waals surface area contributed by atoms with E-state index in [9.17, 15) is 0 Å². The Balaban J connectivity index is 2.78. The summed E-state index contributed by atoms with van der Waals surface area (Å²) >= 11 is 2.39. The summed E-state index contributed by atoms with van der Waals surface area (Å²) in [6.45, 7) is 4.45. The Hall–Kier alpha value is 0.210. The van der Waals surface area contributed by atoms with Crippen LogP contribution in [0.3, 0.4) is 0 Å². The summed E-state index contributed by atoms with van der Waals surface area (Å²) in [4.78, 5) is 0. The SMILES string of the molecule is CC1(C)C=CCC(I)=C1.